The normalized spacial score (nSPS) is 28.3. The Balaban J connectivity index is 1.18. The summed E-state index contributed by atoms with van der Waals surface area (Å²) in [5, 5.41) is 5.20. The molecule has 1 aromatic rings. The van der Waals surface area contributed by atoms with Crippen LogP contribution in [-0.2, 0) is 19.1 Å². The van der Waals surface area contributed by atoms with Gasteiger partial charge in [-0.3, -0.25) is 14.4 Å². The molecule has 2 N–H and O–H groups in total. The molecule has 4 aliphatic carbocycles. The van der Waals surface area contributed by atoms with Crippen molar-refractivity contribution in [2.24, 2.45) is 23.2 Å². The lowest BCUT2D eigenvalue weighted by atomic mass is 9.49. The number of anilines is 1. The monoisotopic (exact) mass is 436 g/mol. The third kappa shape index (κ3) is 5.14. The summed E-state index contributed by atoms with van der Waals surface area (Å²) in [6, 6.07) is 5.35. The molecular formula is C22H26F2N2O5. The van der Waals surface area contributed by atoms with E-state index >= 15 is 0 Å². The molecule has 0 atom stereocenters. The number of hydrogen-bond acceptors (Lipinski definition) is 5. The summed E-state index contributed by atoms with van der Waals surface area (Å²) in [4.78, 5) is 36.7. The number of rotatable bonds is 8. The maximum Gasteiger partial charge on any atom is 0.387 e. The molecule has 0 radical (unpaired) electrons. The topological polar surface area (TPSA) is 93.7 Å². The number of esters is 1. The number of carbonyl (C=O) groups is 3. The quantitative estimate of drug-likeness (QED) is 0.611. The summed E-state index contributed by atoms with van der Waals surface area (Å²) < 4.78 is 33.4. The lowest BCUT2D eigenvalue weighted by Crippen LogP contribution is -2.54. The van der Waals surface area contributed by atoms with Gasteiger partial charge < -0.3 is 20.1 Å². The van der Waals surface area contributed by atoms with Crippen LogP contribution in [0.1, 0.15) is 38.5 Å². The molecule has 9 heteroatoms. The zero-order chi connectivity index (χ0) is 22.0. The number of ether oxygens (including phenoxy) is 2. The number of hydrogen-bond donors (Lipinski definition) is 2. The first-order valence-electron chi connectivity index (χ1n) is 10.6. The van der Waals surface area contributed by atoms with E-state index in [9.17, 15) is 23.2 Å². The van der Waals surface area contributed by atoms with Crippen LogP contribution in [0.5, 0.6) is 5.75 Å². The Labute approximate surface area is 178 Å². The molecule has 0 unspecified atom stereocenters. The van der Waals surface area contributed by atoms with Crippen molar-refractivity contribution in [3.05, 3.63) is 24.3 Å². The molecule has 168 valence electrons. The van der Waals surface area contributed by atoms with Crippen LogP contribution in [0.25, 0.3) is 0 Å². The van der Waals surface area contributed by atoms with E-state index < -0.39 is 25.1 Å². The van der Waals surface area contributed by atoms with Crippen LogP contribution in [0.4, 0.5) is 14.5 Å². The van der Waals surface area contributed by atoms with Crippen LogP contribution in [-0.4, -0.2) is 37.5 Å². The largest absolute Gasteiger partial charge is 0.454 e. The lowest BCUT2D eigenvalue weighted by Gasteiger charge is -2.55. The van der Waals surface area contributed by atoms with Crippen LogP contribution in [0.2, 0.25) is 0 Å². The van der Waals surface area contributed by atoms with Crippen molar-refractivity contribution in [3.8, 4) is 5.75 Å². The molecule has 0 saturated heterocycles. The van der Waals surface area contributed by atoms with Crippen molar-refractivity contribution in [3.63, 3.8) is 0 Å². The number of benzene rings is 1. The Kier molecular flexibility index (Phi) is 6.11. The Morgan fingerprint density at radius 2 is 1.58 bits per heavy atom. The fourth-order valence-corrected chi connectivity index (χ4v) is 5.84. The van der Waals surface area contributed by atoms with Crippen molar-refractivity contribution >= 4 is 23.5 Å². The maximum absolute atomic E-state index is 12.8. The highest BCUT2D eigenvalue weighted by Gasteiger charge is 2.54. The van der Waals surface area contributed by atoms with E-state index in [0.717, 1.165) is 19.3 Å². The third-order valence-electron chi connectivity index (χ3n) is 6.64. The molecule has 0 aliphatic heterocycles. The summed E-state index contributed by atoms with van der Waals surface area (Å²) in [6.07, 6.45) is 6.40. The predicted octanol–water partition coefficient (Wildman–Crippen LogP) is 3.10. The van der Waals surface area contributed by atoms with Crippen molar-refractivity contribution < 1.29 is 32.6 Å². The molecule has 0 heterocycles. The van der Waals surface area contributed by atoms with Gasteiger partial charge in [0, 0.05) is 11.1 Å². The fourth-order valence-electron chi connectivity index (χ4n) is 5.84. The van der Waals surface area contributed by atoms with Crippen molar-refractivity contribution in [1.82, 2.24) is 5.32 Å². The van der Waals surface area contributed by atoms with Crippen LogP contribution in [0.3, 0.4) is 0 Å². The SMILES string of the molecule is O=C(COC(=O)CNC(=O)C12CC3CC(CC(C3)C1)C2)Nc1ccc(OC(F)F)cc1. The van der Waals surface area contributed by atoms with Gasteiger partial charge in [-0.15, -0.1) is 0 Å². The van der Waals surface area contributed by atoms with Gasteiger partial charge in [-0.2, -0.15) is 8.78 Å². The molecular weight excluding hydrogens is 410 g/mol. The first-order chi connectivity index (χ1) is 14.8. The number of alkyl halides is 2. The average Bonchev–Trinajstić information content (AvgIpc) is 2.70. The fraction of sp³-hybridized carbons (Fsp3) is 0.591. The van der Waals surface area contributed by atoms with E-state index in [2.05, 4.69) is 15.4 Å². The van der Waals surface area contributed by atoms with Gasteiger partial charge in [0.25, 0.3) is 5.91 Å². The zero-order valence-corrected chi connectivity index (χ0v) is 17.1. The second-order valence-corrected chi connectivity index (χ2v) is 8.99. The third-order valence-corrected chi connectivity index (χ3v) is 6.64. The van der Waals surface area contributed by atoms with E-state index in [1.807, 2.05) is 0 Å². The average molecular weight is 436 g/mol. The van der Waals surface area contributed by atoms with Crippen LogP contribution in [0, 0.1) is 23.2 Å². The van der Waals surface area contributed by atoms with E-state index in [4.69, 9.17) is 4.74 Å². The summed E-state index contributed by atoms with van der Waals surface area (Å²) in [7, 11) is 0. The van der Waals surface area contributed by atoms with Crippen molar-refractivity contribution in [2.45, 2.75) is 45.1 Å². The molecule has 5 rings (SSSR count). The summed E-state index contributed by atoms with van der Waals surface area (Å²) in [6.45, 7) is -3.71. The number of carbonyl (C=O) groups excluding carboxylic acids is 3. The van der Waals surface area contributed by atoms with Gasteiger partial charge in [0.1, 0.15) is 12.3 Å². The van der Waals surface area contributed by atoms with Crippen LogP contribution >= 0.6 is 0 Å². The van der Waals surface area contributed by atoms with E-state index in [1.54, 1.807) is 0 Å². The molecule has 4 saturated carbocycles. The Hall–Kier alpha value is -2.71. The number of nitrogens with one attached hydrogen (secondary N) is 2. The van der Waals surface area contributed by atoms with E-state index in [1.165, 1.54) is 43.5 Å². The smallest absolute Gasteiger partial charge is 0.387 e. The highest BCUT2D eigenvalue weighted by molar-refractivity contribution is 5.93. The molecule has 1 aromatic carbocycles. The van der Waals surface area contributed by atoms with Gasteiger partial charge >= 0.3 is 12.6 Å². The first-order valence-corrected chi connectivity index (χ1v) is 10.6. The van der Waals surface area contributed by atoms with Gasteiger partial charge in [0.15, 0.2) is 6.61 Å². The van der Waals surface area contributed by atoms with Crippen LogP contribution < -0.4 is 15.4 Å². The molecule has 4 aliphatic rings. The Morgan fingerprint density at radius 1 is 1.00 bits per heavy atom. The van der Waals surface area contributed by atoms with Crippen molar-refractivity contribution in [2.75, 3.05) is 18.5 Å². The van der Waals surface area contributed by atoms with Gasteiger partial charge in [0.2, 0.25) is 5.91 Å². The van der Waals surface area contributed by atoms with E-state index in [0.29, 0.717) is 23.4 Å². The van der Waals surface area contributed by atoms with E-state index in [-0.39, 0.29) is 23.6 Å². The molecule has 7 nitrogen and oxygen atoms in total. The minimum absolute atomic E-state index is 0.0332. The second-order valence-electron chi connectivity index (χ2n) is 8.99. The van der Waals surface area contributed by atoms with Crippen LogP contribution in [0.15, 0.2) is 24.3 Å². The van der Waals surface area contributed by atoms with Gasteiger partial charge in [-0.25, -0.2) is 0 Å². The standard InChI is InChI=1S/C22H26F2N2O5/c23-21(24)31-17-3-1-16(2-4-17)26-18(27)12-30-19(28)11-25-20(29)22-8-13-5-14(9-22)7-15(6-13)10-22/h1-4,13-15,21H,5-12H2,(H,25,29)(H,26,27). The molecule has 4 fully saturated rings. The minimum Gasteiger partial charge on any atom is -0.454 e. The highest BCUT2D eigenvalue weighted by atomic mass is 19.3. The summed E-state index contributed by atoms with van der Waals surface area (Å²) in [5.74, 6) is 0.515. The molecule has 0 spiro atoms. The lowest BCUT2D eigenvalue weighted by molar-refractivity contribution is -0.152. The molecule has 0 aromatic heterocycles. The van der Waals surface area contributed by atoms with Crippen molar-refractivity contribution in [1.29, 1.82) is 0 Å². The summed E-state index contributed by atoms with van der Waals surface area (Å²) in [5.41, 5.74) is 0.00450. The zero-order valence-electron chi connectivity index (χ0n) is 17.1. The Bertz CT molecular complexity index is 808. The molecule has 31 heavy (non-hydrogen) atoms. The van der Waals surface area contributed by atoms with Gasteiger partial charge in [-0.1, -0.05) is 0 Å². The Morgan fingerprint density at radius 3 is 2.13 bits per heavy atom. The maximum atomic E-state index is 12.8. The minimum atomic E-state index is -2.93. The molecule has 4 bridgehead atoms. The van der Waals surface area contributed by atoms with Gasteiger partial charge in [0.05, 0.1) is 0 Å². The molecule has 2 amide bonds. The summed E-state index contributed by atoms with van der Waals surface area (Å²) >= 11 is 0. The first kappa shape index (κ1) is 21.5. The highest BCUT2D eigenvalue weighted by Crippen LogP contribution is 2.60. The number of halogens is 2. The number of amides is 2. The predicted molar refractivity (Wildman–Crippen MR) is 106 cm³/mol. The second kappa shape index (κ2) is 8.80. The van der Waals surface area contributed by atoms with Gasteiger partial charge in [-0.05, 0) is 80.5 Å².